The van der Waals surface area contributed by atoms with Crippen LogP contribution in [0.3, 0.4) is 0 Å². The molecule has 0 unspecified atom stereocenters. The van der Waals surface area contributed by atoms with Gasteiger partial charge in [0.2, 0.25) is 11.8 Å². The molecule has 3 rings (SSSR count). The smallest absolute Gasteiger partial charge is 0.275 e. The molecule has 0 aliphatic carbocycles. The van der Waals surface area contributed by atoms with Gasteiger partial charge in [-0.3, -0.25) is 19.3 Å². The molecule has 1 aliphatic heterocycles. The van der Waals surface area contributed by atoms with E-state index in [1.807, 2.05) is 39.1 Å². The second-order valence-corrected chi connectivity index (χ2v) is 8.00. The van der Waals surface area contributed by atoms with Crippen LogP contribution >= 0.6 is 0 Å². The van der Waals surface area contributed by atoms with Crippen molar-refractivity contribution in [1.29, 1.82) is 0 Å². The Morgan fingerprint density at radius 3 is 2.53 bits per heavy atom. The summed E-state index contributed by atoms with van der Waals surface area (Å²) >= 11 is 0. The number of hydrogen-bond acceptors (Lipinski definition) is 5. The first kappa shape index (κ1) is 22.0. The highest BCUT2D eigenvalue weighted by Gasteiger charge is 2.31. The van der Waals surface area contributed by atoms with Gasteiger partial charge in [0, 0.05) is 37.0 Å². The molecule has 2 N–H and O–H groups in total. The van der Waals surface area contributed by atoms with Crippen LogP contribution in [-0.4, -0.2) is 58.7 Å². The van der Waals surface area contributed by atoms with E-state index in [1.54, 1.807) is 6.07 Å². The molecule has 8 heteroatoms. The van der Waals surface area contributed by atoms with Crippen LogP contribution in [0.4, 0.5) is 0 Å². The molecule has 1 fully saturated rings. The van der Waals surface area contributed by atoms with E-state index < -0.39 is 0 Å². The van der Waals surface area contributed by atoms with Crippen LogP contribution in [0.1, 0.15) is 38.3 Å². The molecule has 0 radical (unpaired) electrons. The van der Waals surface area contributed by atoms with Crippen LogP contribution in [0.5, 0.6) is 0 Å². The second kappa shape index (κ2) is 9.84. The van der Waals surface area contributed by atoms with Gasteiger partial charge >= 0.3 is 0 Å². The monoisotopic (exact) mass is 413 g/mol. The molecule has 1 saturated heterocycles. The lowest BCUT2D eigenvalue weighted by Crippen LogP contribution is -2.43. The summed E-state index contributed by atoms with van der Waals surface area (Å²) in [7, 11) is 2.00. The van der Waals surface area contributed by atoms with Gasteiger partial charge in [0.1, 0.15) is 6.54 Å². The Morgan fingerprint density at radius 2 is 1.80 bits per heavy atom. The van der Waals surface area contributed by atoms with Gasteiger partial charge < -0.3 is 10.6 Å². The summed E-state index contributed by atoms with van der Waals surface area (Å²) in [5.74, 6) is -0.160. The number of likely N-dealkylation sites (N-methyl/N-ethyl adjacent to an activating group) is 1. The molecule has 8 nitrogen and oxygen atoms in total. The first-order chi connectivity index (χ1) is 14.4. The summed E-state index contributed by atoms with van der Waals surface area (Å²) in [6.07, 6.45) is 3.27. The number of aryl methyl sites for hydroxylation is 1. The molecule has 2 aromatic rings. The zero-order chi connectivity index (χ0) is 21.7. The van der Waals surface area contributed by atoms with Crippen LogP contribution in [0, 0.1) is 6.92 Å². The van der Waals surface area contributed by atoms with Crippen LogP contribution in [0.15, 0.2) is 29.1 Å². The lowest BCUT2D eigenvalue weighted by Gasteiger charge is -2.25. The molecule has 1 aliphatic rings. The maximum Gasteiger partial charge on any atom is 0.275 e. The Balaban J connectivity index is 1.54. The van der Waals surface area contributed by atoms with E-state index in [2.05, 4.69) is 20.6 Å². The number of nitrogens with zero attached hydrogens (tertiary/aromatic N) is 3. The van der Waals surface area contributed by atoms with Gasteiger partial charge in [-0.2, -0.15) is 5.10 Å². The molecular formula is C22H31N5O3. The number of carbonyl (C=O) groups excluding carboxylic acids is 2. The van der Waals surface area contributed by atoms with Crippen molar-refractivity contribution < 1.29 is 9.59 Å². The van der Waals surface area contributed by atoms with Crippen molar-refractivity contribution in [1.82, 2.24) is 25.3 Å². The number of hydrogen-bond donors (Lipinski definition) is 2. The van der Waals surface area contributed by atoms with Crippen LogP contribution < -0.4 is 16.2 Å². The predicted octanol–water partition coefficient (Wildman–Crippen LogP) is 1.20. The summed E-state index contributed by atoms with van der Waals surface area (Å²) in [6.45, 7) is 4.95. The first-order valence-electron chi connectivity index (χ1n) is 10.6. The number of likely N-dealkylation sites (tertiary alicyclic amines) is 1. The normalized spacial score (nSPS) is 19.2. The Bertz CT molecular complexity index is 971. The largest absolute Gasteiger partial charge is 0.356 e. The average Bonchev–Trinajstić information content (AvgIpc) is 3.08. The van der Waals surface area contributed by atoms with E-state index in [-0.39, 0.29) is 36.0 Å². The number of amides is 2. The number of carbonyl (C=O) groups is 2. The molecular weight excluding hydrogens is 382 g/mol. The van der Waals surface area contributed by atoms with Crippen molar-refractivity contribution >= 4 is 22.6 Å². The SMILES string of the molecule is CCCNC(=O)C[C@H]1CC[C@@H](CNC(=O)Cn2nc(C)c3ccccc3c2=O)N1C. The summed E-state index contributed by atoms with van der Waals surface area (Å²) in [5.41, 5.74) is 0.459. The summed E-state index contributed by atoms with van der Waals surface area (Å²) in [4.78, 5) is 39.2. The van der Waals surface area contributed by atoms with E-state index in [9.17, 15) is 14.4 Å². The quantitative estimate of drug-likeness (QED) is 0.678. The highest BCUT2D eigenvalue weighted by atomic mass is 16.2. The maximum absolute atomic E-state index is 12.6. The lowest BCUT2D eigenvalue weighted by atomic mass is 10.1. The van der Waals surface area contributed by atoms with Gasteiger partial charge in [0.05, 0.1) is 11.1 Å². The third-order valence-electron chi connectivity index (χ3n) is 5.86. The number of nitrogens with one attached hydrogen (secondary N) is 2. The predicted molar refractivity (Wildman–Crippen MR) is 116 cm³/mol. The van der Waals surface area contributed by atoms with Crippen molar-refractivity contribution in [3.63, 3.8) is 0 Å². The number of rotatable bonds is 8. The Hall–Kier alpha value is -2.74. The van der Waals surface area contributed by atoms with Crippen molar-refractivity contribution in [2.45, 2.75) is 58.2 Å². The number of aromatic nitrogens is 2. The lowest BCUT2D eigenvalue weighted by molar-refractivity contribution is -0.123. The van der Waals surface area contributed by atoms with Crippen molar-refractivity contribution in [2.75, 3.05) is 20.1 Å². The molecule has 162 valence electrons. The summed E-state index contributed by atoms with van der Waals surface area (Å²) in [6, 6.07) is 7.66. The van der Waals surface area contributed by atoms with Gasteiger partial charge in [0.25, 0.3) is 5.56 Å². The Labute approximate surface area is 176 Å². The fourth-order valence-corrected chi connectivity index (χ4v) is 4.07. The zero-order valence-corrected chi connectivity index (χ0v) is 18.0. The second-order valence-electron chi connectivity index (χ2n) is 8.00. The average molecular weight is 414 g/mol. The minimum atomic E-state index is -0.262. The molecule has 1 aromatic carbocycles. The van der Waals surface area contributed by atoms with Gasteiger partial charge in [-0.25, -0.2) is 4.68 Å². The summed E-state index contributed by atoms with van der Waals surface area (Å²) < 4.78 is 1.23. The third kappa shape index (κ3) is 5.05. The fraction of sp³-hybridized carbons (Fsp3) is 0.545. The first-order valence-corrected chi connectivity index (χ1v) is 10.6. The molecule has 2 amide bonds. The molecule has 0 spiro atoms. The molecule has 1 aromatic heterocycles. The molecule has 2 atom stereocenters. The van der Waals surface area contributed by atoms with Crippen LogP contribution in [-0.2, 0) is 16.1 Å². The number of fused-ring (bicyclic) bond motifs is 1. The topological polar surface area (TPSA) is 96.3 Å². The number of benzene rings is 1. The van der Waals surface area contributed by atoms with E-state index in [1.165, 1.54) is 4.68 Å². The van der Waals surface area contributed by atoms with E-state index in [0.29, 0.717) is 24.9 Å². The van der Waals surface area contributed by atoms with Crippen molar-refractivity contribution in [3.8, 4) is 0 Å². The van der Waals surface area contributed by atoms with Gasteiger partial charge in [0.15, 0.2) is 0 Å². The Kier molecular flexibility index (Phi) is 7.20. The van der Waals surface area contributed by atoms with Gasteiger partial charge in [-0.1, -0.05) is 25.1 Å². The minimum absolute atomic E-state index is 0.0792. The molecule has 0 bridgehead atoms. The summed E-state index contributed by atoms with van der Waals surface area (Å²) in [5, 5.41) is 11.5. The standard InChI is InChI=1S/C22H31N5O3/c1-4-11-23-20(28)12-16-9-10-17(26(16)3)13-24-21(29)14-27-22(30)19-8-6-5-7-18(19)15(2)25-27/h5-8,16-17H,4,9-14H2,1-3H3,(H,23,28)(H,24,29)/t16-,17+/m1/s1. The highest BCUT2D eigenvalue weighted by molar-refractivity contribution is 5.83. The van der Waals surface area contributed by atoms with Crippen molar-refractivity contribution in [3.05, 3.63) is 40.3 Å². The fourth-order valence-electron chi connectivity index (χ4n) is 4.07. The third-order valence-corrected chi connectivity index (χ3v) is 5.86. The molecule has 0 saturated carbocycles. The van der Waals surface area contributed by atoms with Crippen LogP contribution in [0.25, 0.3) is 10.8 Å². The van der Waals surface area contributed by atoms with Crippen LogP contribution in [0.2, 0.25) is 0 Å². The van der Waals surface area contributed by atoms with Crippen molar-refractivity contribution in [2.24, 2.45) is 0 Å². The molecule has 2 heterocycles. The molecule has 30 heavy (non-hydrogen) atoms. The van der Waals surface area contributed by atoms with Gasteiger partial charge in [-0.05, 0) is 39.3 Å². The van der Waals surface area contributed by atoms with E-state index >= 15 is 0 Å². The van der Waals surface area contributed by atoms with E-state index in [4.69, 9.17) is 0 Å². The zero-order valence-electron chi connectivity index (χ0n) is 18.0. The minimum Gasteiger partial charge on any atom is -0.356 e. The van der Waals surface area contributed by atoms with E-state index in [0.717, 1.165) is 30.3 Å². The van der Waals surface area contributed by atoms with Gasteiger partial charge in [-0.15, -0.1) is 0 Å². The maximum atomic E-state index is 12.6. The Morgan fingerprint density at radius 1 is 1.10 bits per heavy atom. The highest BCUT2D eigenvalue weighted by Crippen LogP contribution is 2.24.